The van der Waals surface area contributed by atoms with Gasteiger partial charge in [0.15, 0.2) is 0 Å². The number of ether oxygens (including phenoxy) is 1. The van der Waals surface area contributed by atoms with Crippen molar-refractivity contribution in [3.8, 4) is 0 Å². The minimum atomic E-state index is -0.127. The predicted molar refractivity (Wildman–Crippen MR) is 85.9 cm³/mol. The van der Waals surface area contributed by atoms with Crippen LogP contribution in [0.2, 0.25) is 0 Å². The molecule has 0 aromatic heterocycles. The lowest BCUT2D eigenvalue weighted by Gasteiger charge is -2.19. The number of carbonyl (C=O) groups excluding carboxylic acids is 1. The first-order valence-corrected chi connectivity index (χ1v) is 7.43. The maximum atomic E-state index is 12.4. The number of benzene rings is 1. The first-order chi connectivity index (χ1) is 10.0. The van der Waals surface area contributed by atoms with E-state index in [0.717, 1.165) is 23.5 Å². The Kier molecular flexibility index (Phi) is 5.20. The zero-order valence-corrected chi connectivity index (χ0v) is 13.3. The molecule has 2 atom stereocenters. The number of hydrogen-bond acceptors (Lipinski definition) is 4. The fraction of sp³-hybridized carbons (Fsp3) is 0.562. The molecule has 1 aliphatic rings. The number of carbonyl (C=O) groups is 1. The second-order valence-electron chi connectivity index (χ2n) is 5.69. The monoisotopic (exact) mass is 291 g/mol. The van der Waals surface area contributed by atoms with Crippen LogP contribution in [0.3, 0.4) is 0 Å². The Balaban J connectivity index is 2.05. The smallest absolute Gasteiger partial charge is 0.231 e. The summed E-state index contributed by atoms with van der Waals surface area (Å²) in [7, 11) is 4.01. The lowest BCUT2D eigenvalue weighted by Crippen LogP contribution is -2.41. The van der Waals surface area contributed by atoms with Crippen LogP contribution in [0.1, 0.15) is 12.5 Å². The molecule has 1 aliphatic heterocycles. The van der Waals surface area contributed by atoms with E-state index in [-0.39, 0.29) is 17.9 Å². The van der Waals surface area contributed by atoms with Gasteiger partial charge in [0.25, 0.3) is 0 Å². The maximum Gasteiger partial charge on any atom is 0.231 e. The van der Waals surface area contributed by atoms with Crippen molar-refractivity contribution in [2.45, 2.75) is 19.9 Å². The van der Waals surface area contributed by atoms with Crippen molar-refractivity contribution in [3.63, 3.8) is 0 Å². The van der Waals surface area contributed by atoms with E-state index in [1.807, 2.05) is 45.0 Å². The maximum absolute atomic E-state index is 12.4. The van der Waals surface area contributed by atoms with Crippen molar-refractivity contribution in [3.05, 3.63) is 23.8 Å². The Hall–Kier alpha value is -1.59. The van der Waals surface area contributed by atoms with Gasteiger partial charge >= 0.3 is 0 Å². The zero-order chi connectivity index (χ0) is 15.4. The van der Waals surface area contributed by atoms with E-state index < -0.39 is 0 Å². The van der Waals surface area contributed by atoms with Crippen molar-refractivity contribution < 1.29 is 9.53 Å². The minimum absolute atomic E-state index is 0.0270. The van der Waals surface area contributed by atoms with E-state index in [1.165, 1.54) is 0 Å². The molecule has 0 spiro atoms. The van der Waals surface area contributed by atoms with Gasteiger partial charge in [0.2, 0.25) is 5.91 Å². The summed E-state index contributed by atoms with van der Waals surface area (Å²) in [6.45, 7) is 5.98. The number of nitrogens with one attached hydrogen (secondary N) is 2. The summed E-state index contributed by atoms with van der Waals surface area (Å²) < 4.78 is 5.43. The number of anilines is 2. The van der Waals surface area contributed by atoms with E-state index in [1.54, 1.807) is 0 Å². The number of likely N-dealkylation sites (N-methyl/N-ethyl adjacent to an activating group) is 1. The molecule has 1 aromatic rings. The normalized spacial score (nSPS) is 21.3. The predicted octanol–water partition coefficient (Wildman–Crippen LogP) is 1.62. The van der Waals surface area contributed by atoms with Crippen LogP contribution in [0.4, 0.5) is 11.4 Å². The average molecular weight is 291 g/mol. The van der Waals surface area contributed by atoms with Crippen molar-refractivity contribution in [2.75, 3.05) is 44.1 Å². The lowest BCUT2D eigenvalue weighted by atomic mass is 10.0. The number of aryl methyl sites for hydroxylation is 1. The molecule has 1 saturated heterocycles. The van der Waals surface area contributed by atoms with Crippen LogP contribution in [0.25, 0.3) is 0 Å². The average Bonchev–Trinajstić information content (AvgIpc) is 2.89. The van der Waals surface area contributed by atoms with Crippen LogP contribution in [-0.4, -0.2) is 45.8 Å². The molecule has 0 radical (unpaired) electrons. The van der Waals surface area contributed by atoms with E-state index in [4.69, 9.17) is 4.74 Å². The quantitative estimate of drug-likeness (QED) is 0.866. The van der Waals surface area contributed by atoms with Gasteiger partial charge in [-0.2, -0.15) is 0 Å². The van der Waals surface area contributed by atoms with Gasteiger partial charge in [-0.3, -0.25) is 4.79 Å². The van der Waals surface area contributed by atoms with Gasteiger partial charge in [0.1, 0.15) is 0 Å². The van der Waals surface area contributed by atoms with Crippen LogP contribution in [0, 0.1) is 12.8 Å². The molecule has 5 heteroatoms. The third kappa shape index (κ3) is 3.74. The second-order valence-corrected chi connectivity index (χ2v) is 5.69. The van der Waals surface area contributed by atoms with E-state index in [2.05, 4.69) is 16.7 Å². The van der Waals surface area contributed by atoms with Gasteiger partial charge < -0.3 is 20.3 Å². The summed E-state index contributed by atoms with van der Waals surface area (Å²) >= 11 is 0. The summed E-state index contributed by atoms with van der Waals surface area (Å²) in [6.07, 6.45) is 0. The SMILES string of the molecule is CCNC1COCC1C(=O)Nc1ccc(N(C)C)cc1C. The van der Waals surface area contributed by atoms with E-state index in [0.29, 0.717) is 13.2 Å². The van der Waals surface area contributed by atoms with Crippen LogP contribution >= 0.6 is 0 Å². The Bertz CT molecular complexity index is 502. The van der Waals surface area contributed by atoms with Crippen molar-refractivity contribution in [2.24, 2.45) is 5.92 Å². The summed E-state index contributed by atoms with van der Waals surface area (Å²) in [5.74, 6) is -0.1000. The Morgan fingerprint density at radius 1 is 1.38 bits per heavy atom. The molecule has 0 aliphatic carbocycles. The topological polar surface area (TPSA) is 53.6 Å². The Labute approximate surface area is 126 Å². The van der Waals surface area contributed by atoms with Gasteiger partial charge in [-0.25, -0.2) is 0 Å². The minimum Gasteiger partial charge on any atom is -0.379 e. The molecule has 1 amide bonds. The highest BCUT2D eigenvalue weighted by Gasteiger charge is 2.33. The first-order valence-electron chi connectivity index (χ1n) is 7.43. The highest BCUT2D eigenvalue weighted by Crippen LogP contribution is 2.23. The van der Waals surface area contributed by atoms with E-state index in [9.17, 15) is 4.79 Å². The molecule has 2 N–H and O–H groups in total. The summed E-state index contributed by atoms with van der Waals surface area (Å²) in [5.41, 5.74) is 3.06. The Morgan fingerprint density at radius 3 is 2.76 bits per heavy atom. The van der Waals surface area contributed by atoms with Crippen molar-refractivity contribution in [1.82, 2.24) is 5.32 Å². The molecule has 1 aromatic carbocycles. The third-order valence-electron chi connectivity index (χ3n) is 3.87. The van der Waals surface area contributed by atoms with Gasteiger partial charge in [-0.1, -0.05) is 6.92 Å². The number of hydrogen-bond donors (Lipinski definition) is 2. The molecular formula is C16H25N3O2. The molecule has 2 rings (SSSR count). The van der Waals surface area contributed by atoms with Crippen molar-refractivity contribution >= 4 is 17.3 Å². The van der Waals surface area contributed by atoms with Crippen LogP contribution in [0.5, 0.6) is 0 Å². The molecule has 21 heavy (non-hydrogen) atoms. The van der Waals surface area contributed by atoms with Gasteiger partial charge in [-0.15, -0.1) is 0 Å². The summed E-state index contributed by atoms with van der Waals surface area (Å²) in [6, 6.07) is 6.15. The molecule has 1 fully saturated rings. The molecule has 116 valence electrons. The lowest BCUT2D eigenvalue weighted by molar-refractivity contribution is -0.120. The third-order valence-corrected chi connectivity index (χ3v) is 3.87. The van der Waals surface area contributed by atoms with Gasteiger partial charge in [-0.05, 0) is 37.2 Å². The Morgan fingerprint density at radius 2 is 2.14 bits per heavy atom. The number of rotatable bonds is 5. The summed E-state index contributed by atoms with van der Waals surface area (Å²) in [5, 5.41) is 6.34. The highest BCUT2D eigenvalue weighted by molar-refractivity contribution is 5.94. The largest absolute Gasteiger partial charge is 0.379 e. The van der Waals surface area contributed by atoms with Crippen LogP contribution in [-0.2, 0) is 9.53 Å². The molecule has 2 unspecified atom stereocenters. The molecule has 5 nitrogen and oxygen atoms in total. The molecule has 0 saturated carbocycles. The fourth-order valence-corrected chi connectivity index (χ4v) is 2.57. The molecule has 1 heterocycles. The van der Waals surface area contributed by atoms with Crippen molar-refractivity contribution in [1.29, 1.82) is 0 Å². The second kappa shape index (κ2) is 6.91. The first kappa shape index (κ1) is 15.8. The fourth-order valence-electron chi connectivity index (χ4n) is 2.57. The van der Waals surface area contributed by atoms with Crippen LogP contribution in [0.15, 0.2) is 18.2 Å². The summed E-state index contributed by atoms with van der Waals surface area (Å²) in [4.78, 5) is 14.5. The van der Waals surface area contributed by atoms with E-state index >= 15 is 0 Å². The molecular weight excluding hydrogens is 266 g/mol. The van der Waals surface area contributed by atoms with Gasteiger partial charge in [0, 0.05) is 31.5 Å². The number of amides is 1. The highest BCUT2D eigenvalue weighted by atomic mass is 16.5. The van der Waals surface area contributed by atoms with Gasteiger partial charge in [0.05, 0.1) is 19.1 Å². The van der Waals surface area contributed by atoms with Crippen LogP contribution < -0.4 is 15.5 Å². The molecule has 0 bridgehead atoms. The zero-order valence-electron chi connectivity index (χ0n) is 13.3. The standard InChI is InChI=1S/C16H25N3O2/c1-5-17-15-10-21-9-13(15)16(20)18-14-7-6-12(19(3)4)8-11(14)2/h6-8,13,15,17H,5,9-10H2,1-4H3,(H,18,20). The number of nitrogens with zero attached hydrogens (tertiary/aromatic N) is 1.